The van der Waals surface area contributed by atoms with E-state index in [2.05, 4.69) is 5.32 Å². The molecule has 0 unspecified atom stereocenters. The quantitative estimate of drug-likeness (QED) is 0.819. The fourth-order valence-electron chi connectivity index (χ4n) is 1.60. The zero-order valence-corrected chi connectivity index (χ0v) is 12.0. The molecule has 0 spiro atoms. The van der Waals surface area contributed by atoms with Gasteiger partial charge in [-0.1, -0.05) is 27.7 Å². The van der Waals surface area contributed by atoms with Crippen molar-refractivity contribution in [1.29, 1.82) is 0 Å². The Hall–Kier alpha value is -1.47. The van der Waals surface area contributed by atoms with E-state index < -0.39 is 36.2 Å². The van der Waals surface area contributed by atoms with Crippen LogP contribution in [-0.2, 0) is 4.79 Å². The minimum atomic E-state index is -4.52. The number of urea groups is 1. The second kappa shape index (κ2) is 6.81. The molecule has 0 rings (SSSR count). The molecule has 5 nitrogen and oxygen atoms in total. The lowest BCUT2D eigenvalue weighted by atomic mass is 9.87. The number of amides is 2. The van der Waals surface area contributed by atoms with E-state index in [0.717, 1.165) is 0 Å². The maximum absolute atomic E-state index is 12.4. The Morgan fingerprint density at radius 1 is 1.25 bits per heavy atom. The molecule has 8 heteroatoms. The van der Waals surface area contributed by atoms with E-state index in [4.69, 9.17) is 5.11 Å². The van der Waals surface area contributed by atoms with Crippen LogP contribution < -0.4 is 5.32 Å². The molecular weight excluding hydrogens is 277 g/mol. The van der Waals surface area contributed by atoms with E-state index in [-0.39, 0.29) is 6.54 Å². The summed E-state index contributed by atoms with van der Waals surface area (Å²) >= 11 is 0. The van der Waals surface area contributed by atoms with Crippen molar-refractivity contribution in [2.24, 2.45) is 5.41 Å². The molecule has 0 aromatic rings. The van der Waals surface area contributed by atoms with Crippen molar-refractivity contribution in [1.82, 2.24) is 10.2 Å². The van der Waals surface area contributed by atoms with Crippen molar-refractivity contribution in [2.45, 2.75) is 46.3 Å². The first-order valence-corrected chi connectivity index (χ1v) is 6.23. The van der Waals surface area contributed by atoms with Gasteiger partial charge in [-0.3, -0.25) is 0 Å². The van der Waals surface area contributed by atoms with Crippen LogP contribution in [0.5, 0.6) is 0 Å². The zero-order chi connectivity index (χ0) is 16.1. The fourth-order valence-corrected chi connectivity index (χ4v) is 1.60. The van der Waals surface area contributed by atoms with Gasteiger partial charge in [0.2, 0.25) is 0 Å². The molecular formula is C12H21F3N2O3. The number of carbonyl (C=O) groups excluding carboxylic acids is 1. The Morgan fingerprint density at radius 3 is 2.05 bits per heavy atom. The number of nitrogens with one attached hydrogen (secondary N) is 1. The maximum Gasteiger partial charge on any atom is 0.406 e. The largest absolute Gasteiger partial charge is 0.480 e. The highest BCUT2D eigenvalue weighted by molar-refractivity contribution is 5.83. The van der Waals surface area contributed by atoms with Crippen LogP contribution in [0.3, 0.4) is 0 Å². The van der Waals surface area contributed by atoms with Gasteiger partial charge >= 0.3 is 18.2 Å². The number of carbonyl (C=O) groups is 2. The summed E-state index contributed by atoms with van der Waals surface area (Å²) in [6.45, 7) is 4.89. The molecule has 0 radical (unpaired) electrons. The lowest BCUT2D eigenvalue weighted by molar-refractivity contribution is -0.142. The van der Waals surface area contributed by atoms with Crippen LogP contribution in [0.25, 0.3) is 0 Å². The monoisotopic (exact) mass is 298 g/mol. The summed E-state index contributed by atoms with van der Waals surface area (Å²) < 4.78 is 37.1. The van der Waals surface area contributed by atoms with Gasteiger partial charge in [-0.2, -0.15) is 13.2 Å². The van der Waals surface area contributed by atoms with E-state index in [9.17, 15) is 22.8 Å². The smallest absolute Gasteiger partial charge is 0.406 e. The molecule has 0 aromatic carbocycles. The SMILES string of the molecule is CCCN(CC(F)(F)F)C(=O)N[C@@H](C(=O)O)C(C)(C)C. The lowest BCUT2D eigenvalue weighted by Gasteiger charge is -2.31. The third kappa shape index (κ3) is 6.63. The molecule has 0 aliphatic heterocycles. The Morgan fingerprint density at radius 2 is 1.75 bits per heavy atom. The average Bonchev–Trinajstić information content (AvgIpc) is 2.20. The predicted molar refractivity (Wildman–Crippen MR) is 67.3 cm³/mol. The van der Waals surface area contributed by atoms with Crippen LogP contribution in [0.15, 0.2) is 0 Å². The number of halogens is 3. The minimum absolute atomic E-state index is 0.0954. The van der Waals surface area contributed by atoms with E-state index >= 15 is 0 Å². The average molecular weight is 298 g/mol. The van der Waals surface area contributed by atoms with Crippen molar-refractivity contribution in [3.8, 4) is 0 Å². The van der Waals surface area contributed by atoms with Crippen molar-refractivity contribution >= 4 is 12.0 Å². The minimum Gasteiger partial charge on any atom is -0.480 e. The van der Waals surface area contributed by atoms with Gasteiger partial charge in [-0.15, -0.1) is 0 Å². The fraction of sp³-hybridized carbons (Fsp3) is 0.833. The van der Waals surface area contributed by atoms with E-state index in [1.807, 2.05) is 0 Å². The van der Waals surface area contributed by atoms with Crippen LogP contribution in [0.4, 0.5) is 18.0 Å². The van der Waals surface area contributed by atoms with E-state index in [0.29, 0.717) is 11.3 Å². The zero-order valence-electron chi connectivity index (χ0n) is 12.0. The van der Waals surface area contributed by atoms with Crippen molar-refractivity contribution in [3.05, 3.63) is 0 Å². The summed E-state index contributed by atoms with van der Waals surface area (Å²) in [7, 11) is 0. The number of aliphatic carboxylic acids is 1. The number of carboxylic acids is 1. The van der Waals surface area contributed by atoms with Gasteiger partial charge in [0.05, 0.1) is 0 Å². The molecule has 20 heavy (non-hydrogen) atoms. The normalized spacial score (nSPS) is 13.8. The summed E-state index contributed by atoms with van der Waals surface area (Å²) in [5, 5.41) is 11.2. The summed E-state index contributed by atoms with van der Waals surface area (Å²) in [6, 6.07) is -2.28. The first-order valence-electron chi connectivity index (χ1n) is 6.23. The topological polar surface area (TPSA) is 69.6 Å². The van der Waals surface area contributed by atoms with Gasteiger partial charge in [0.15, 0.2) is 0 Å². The summed E-state index contributed by atoms with van der Waals surface area (Å²) in [5.74, 6) is -1.28. The van der Waals surface area contributed by atoms with Gasteiger partial charge in [0, 0.05) is 6.54 Å². The maximum atomic E-state index is 12.4. The van der Waals surface area contributed by atoms with Crippen LogP contribution in [0.1, 0.15) is 34.1 Å². The Kier molecular flexibility index (Phi) is 6.31. The predicted octanol–water partition coefficient (Wildman–Crippen LogP) is 2.47. The molecule has 1 atom stereocenters. The highest BCUT2D eigenvalue weighted by Gasteiger charge is 2.37. The standard InChI is InChI=1S/C12H21F3N2O3/c1-5-6-17(7-12(13,14)15)10(20)16-8(9(18)19)11(2,3)4/h8H,5-7H2,1-4H3,(H,16,20)(H,18,19)/t8-/m0/s1. The first-order chi connectivity index (χ1) is 8.88. The third-order valence-electron chi connectivity index (χ3n) is 2.53. The lowest BCUT2D eigenvalue weighted by Crippen LogP contribution is -2.54. The molecule has 0 fully saturated rings. The first kappa shape index (κ1) is 18.5. The van der Waals surface area contributed by atoms with Gasteiger partial charge in [0.25, 0.3) is 0 Å². The Labute approximate surface area is 116 Å². The van der Waals surface area contributed by atoms with Gasteiger partial charge in [0.1, 0.15) is 12.6 Å². The van der Waals surface area contributed by atoms with Gasteiger partial charge in [-0.25, -0.2) is 9.59 Å². The number of hydrogen-bond donors (Lipinski definition) is 2. The third-order valence-corrected chi connectivity index (χ3v) is 2.53. The molecule has 2 N–H and O–H groups in total. The number of alkyl halides is 3. The van der Waals surface area contributed by atoms with Gasteiger partial charge < -0.3 is 15.3 Å². The molecule has 0 aliphatic rings. The molecule has 0 heterocycles. The van der Waals surface area contributed by atoms with Gasteiger partial charge in [-0.05, 0) is 11.8 Å². The van der Waals surface area contributed by atoms with Crippen LogP contribution in [0.2, 0.25) is 0 Å². The van der Waals surface area contributed by atoms with Crippen molar-refractivity contribution < 1.29 is 27.9 Å². The van der Waals surface area contributed by atoms with Crippen LogP contribution >= 0.6 is 0 Å². The second-order valence-electron chi connectivity index (χ2n) is 5.62. The molecule has 0 aliphatic carbocycles. The number of rotatable bonds is 5. The number of hydrogen-bond acceptors (Lipinski definition) is 2. The molecule has 0 aromatic heterocycles. The highest BCUT2D eigenvalue weighted by Crippen LogP contribution is 2.21. The van der Waals surface area contributed by atoms with Crippen LogP contribution in [-0.4, -0.2) is 47.3 Å². The summed E-state index contributed by atoms with van der Waals surface area (Å²) in [4.78, 5) is 23.5. The van der Waals surface area contributed by atoms with Crippen LogP contribution in [0, 0.1) is 5.41 Å². The second-order valence-corrected chi connectivity index (χ2v) is 5.62. The molecule has 2 amide bonds. The summed E-state index contributed by atoms with van der Waals surface area (Å²) in [5.41, 5.74) is -0.808. The number of nitrogens with zero attached hydrogens (tertiary/aromatic N) is 1. The molecule has 0 bridgehead atoms. The highest BCUT2D eigenvalue weighted by atomic mass is 19.4. The Balaban J connectivity index is 4.94. The summed E-state index contributed by atoms with van der Waals surface area (Å²) in [6.07, 6.45) is -4.18. The molecule has 0 saturated carbocycles. The van der Waals surface area contributed by atoms with Crippen molar-refractivity contribution in [2.75, 3.05) is 13.1 Å². The number of carboxylic acid groups (broad SMARTS) is 1. The van der Waals surface area contributed by atoms with Crippen molar-refractivity contribution in [3.63, 3.8) is 0 Å². The molecule has 0 saturated heterocycles. The Bertz CT molecular complexity index is 351. The van der Waals surface area contributed by atoms with E-state index in [1.54, 1.807) is 27.7 Å². The van der Waals surface area contributed by atoms with E-state index in [1.165, 1.54) is 0 Å². The molecule has 118 valence electrons.